The summed E-state index contributed by atoms with van der Waals surface area (Å²) in [5, 5.41) is 0. The highest BCUT2D eigenvalue weighted by Crippen LogP contribution is 2.29. The number of ether oxygens (including phenoxy) is 1. The SMILES string of the molecule is COc1cc(C=C2CCCN([C@@H](C)c3ccccc3)C2)ccc1-n1cnc(C)c1. The van der Waals surface area contributed by atoms with Gasteiger partial charge in [-0.3, -0.25) is 4.90 Å². The standard InChI is InChI=1S/C25H29N3O/c1-19-16-28(18-26-19)24-12-11-21(15-25(24)29-3)14-22-8-7-13-27(17-22)20(2)23-9-5-4-6-10-23/h4-6,9-12,14-16,18,20H,7-8,13,17H2,1-3H3/t20-/m0/s1. The maximum absolute atomic E-state index is 5.67. The van der Waals surface area contributed by atoms with Crippen LogP contribution in [0.15, 0.2) is 66.6 Å². The van der Waals surface area contributed by atoms with Gasteiger partial charge >= 0.3 is 0 Å². The molecular formula is C25H29N3O. The maximum atomic E-state index is 5.67. The molecule has 1 aliphatic rings. The number of aromatic nitrogens is 2. The number of hydrogen-bond donors (Lipinski definition) is 0. The Kier molecular flexibility index (Phi) is 5.81. The van der Waals surface area contributed by atoms with Crippen LogP contribution >= 0.6 is 0 Å². The minimum absolute atomic E-state index is 0.432. The fourth-order valence-corrected chi connectivity index (χ4v) is 4.10. The normalized spacial score (nSPS) is 17.4. The third-order valence-electron chi connectivity index (χ3n) is 5.74. The average molecular weight is 388 g/mol. The number of hydrogen-bond acceptors (Lipinski definition) is 3. The van der Waals surface area contributed by atoms with Gasteiger partial charge in [-0.25, -0.2) is 4.98 Å². The molecule has 0 radical (unpaired) electrons. The lowest BCUT2D eigenvalue weighted by Crippen LogP contribution is -2.33. The molecule has 3 aromatic rings. The zero-order valence-corrected chi connectivity index (χ0v) is 17.5. The molecule has 1 fully saturated rings. The van der Waals surface area contributed by atoms with Crippen LogP contribution in [0.4, 0.5) is 0 Å². The molecule has 1 atom stereocenters. The number of benzene rings is 2. The van der Waals surface area contributed by atoms with Crippen LogP contribution in [0, 0.1) is 6.92 Å². The molecule has 29 heavy (non-hydrogen) atoms. The summed E-state index contributed by atoms with van der Waals surface area (Å²) in [5.74, 6) is 0.863. The van der Waals surface area contributed by atoms with Gasteiger partial charge in [-0.1, -0.05) is 48.0 Å². The van der Waals surface area contributed by atoms with Gasteiger partial charge in [0.25, 0.3) is 0 Å². The average Bonchev–Trinajstić information content (AvgIpc) is 3.20. The Labute approximate surface area is 173 Å². The van der Waals surface area contributed by atoms with Crippen LogP contribution in [-0.2, 0) is 0 Å². The van der Waals surface area contributed by atoms with Crippen molar-refractivity contribution in [3.8, 4) is 11.4 Å². The number of likely N-dealkylation sites (tertiary alicyclic amines) is 1. The van der Waals surface area contributed by atoms with Crippen LogP contribution in [0.5, 0.6) is 5.75 Å². The predicted octanol–water partition coefficient (Wildman–Crippen LogP) is 5.43. The third kappa shape index (κ3) is 4.43. The van der Waals surface area contributed by atoms with E-state index in [4.69, 9.17) is 4.74 Å². The van der Waals surface area contributed by atoms with E-state index in [9.17, 15) is 0 Å². The van der Waals surface area contributed by atoms with E-state index in [2.05, 4.69) is 71.4 Å². The second-order valence-corrected chi connectivity index (χ2v) is 7.82. The monoisotopic (exact) mass is 387 g/mol. The van der Waals surface area contributed by atoms with Crippen LogP contribution < -0.4 is 4.74 Å². The predicted molar refractivity (Wildman–Crippen MR) is 118 cm³/mol. The van der Waals surface area contributed by atoms with Crippen molar-refractivity contribution in [1.82, 2.24) is 14.5 Å². The van der Waals surface area contributed by atoms with Crippen molar-refractivity contribution in [2.75, 3.05) is 20.2 Å². The second kappa shape index (κ2) is 8.66. The Balaban J connectivity index is 1.54. The summed E-state index contributed by atoms with van der Waals surface area (Å²) in [6, 6.07) is 17.6. The van der Waals surface area contributed by atoms with E-state index in [0.717, 1.165) is 36.6 Å². The van der Waals surface area contributed by atoms with E-state index in [0.29, 0.717) is 6.04 Å². The fourth-order valence-electron chi connectivity index (χ4n) is 4.10. The van der Waals surface area contributed by atoms with Crippen molar-refractivity contribution in [2.24, 2.45) is 0 Å². The van der Waals surface area contributed by atoms with Crippen LogP contribution in [0.3, 0.4) is 0 Å². The van der Waals surface area contributed by atoms with E-state index in [1.54, 1.807) is 7.11 Å². The van der Waals surface area contributed by atoms with Gasteiger partial charge in [0.15, 0.2) is 0 Å². The van der Waals surface area contributed by atoms with E-state index in [1.165, 1.54) is 23.1 Å². The number of methoxy groups -OCH3 is 1. The Morgan fingerprint density at radius 3 is 2.69 bits per heavy atom. The molecule has 0 aliphatic carbocycles. The van der Waals surface area contributed by atoms with Gasteiger partial charge in [0.05, 0.1) is 24.8 Å². The summed E-state index contributed by atoms with van der Waals surface area (Å²) in [4.78, 5) is 6.90. The zero-order valence-electron chi connectivity index (χ0n) is 17.5. The van der Waals surface area contributed by atoms with E-state index >= 15 is 0 Å². The Bertz CT molecular complexity index is 990. The molecule has 0 N–H and O–H groups in total. The molecule has 4 nitrogen and oxygen atoms in total. The van der Waals surface area contributed by atoms with Crippen molar-refractivity contribution in [3.63, 3.8) is 0 Å². The summed E-state index contributed by atoms with van der Waals surface area (Å²) < 4.78 is 7.68. The minimum Gasteiger partial charge on any atom is -0.495 e. The van der Waals surface area contributed by atoms with Crippen LogP contribution in [0.1, 0.15) is 42.6 Å². The molecule has 4 rings (SSSR count). The number of piperidine rings is 1. The molecule has 2 heterocycles. The Morgan fingerprint density at radius 1 is 1.14 bits per heavy atom. The smallest absolute Gasteiger partial charge is 0.143 e. The molecule has 1 aliphatic heterocycles. The molecule has 0 saturated carbocycles. The number of rotatable bonds is 5. The van der Waals surface area contributed by atoms with Gasteiger partial charge in [-0.05, 0) is 56.5 Å². The molecule has 150 valence electrons. The van der Waals surface area contributed by atoms with Gasteiger partial charge in [0, 0.05) is 18.8 Å². The molecule has 2 aromatic carbocycles. The molecule has 4 heteroatoms. The van der Waals surface area contributed by atoms with Gasteiger partial charge < -0.3 is 9.30 Å². The van der Waals surface area contributed by atoms with Crippen molar-refractivity contribution in [1.29, 1.82) is 0 Å². The number of nitrogens with zero attached hydrogens (tertiary/aromatic N) is 3. The van der Waals surface area contributed by atoms with E-state index < -0.39 is 0 Å². The third-order valence-corrected chi connectivity index (χ3v) is 5.74. The molecular weight excluding hydrogens is 358 g/mol. The summed E-state index contributed by atoms with van der Waals surface area (Å²) in [6.07, 6.45) is 8.53. The first kappa shape index (κ1) is 19.5. The lowest BCUT2D eigenvalue weighted by Gasteiger charge is -2.34. The van der Waals surface area contributed by atoms with Crippen LogP contribution in [0.2, 0.25) is 0 Å². The lowest BCUT2D eigenvalue weighted by molar-refractivity contribution is 0.206. The minimum atomic E-state index is 0.432. The summed E-state index contributed by atoms with van der Waals surface area (Å²) in [5.41, 5.74) is 6.06. The van der Waals surface area contributed by atoms with Crippen molar-refractivity contribution in [3.05, 3.63) is 83.4 Å². The Hall–Kier alpha value is -2.85. The van der Waals surface area contributed by atoms with E-state index in [1.807, 2.05) is 24.0 Å². The van der Waals surface area contributed by atoms with Crippen molar-refractivity contribution < 1.29 is 4.74 Å². The highest BCUT2D eigenvalue weighted by Gasteiger charge is 2.20. The van der Waals surface area contributed by atoms with Gasteiger partial charge in [0.2, 0.25) is 0 Å². The number of imidazole rings is 1. The highest BCUT2D eigenvalue weighted by atomic mass is 16.5. The maximum Gasteiger partial charge on any atom is 0.143 e. The molecule has 1 aromatic heterocycles. The largest absolute Gasteiger partial charge is 0.495 e. The molecule has 0 spiro atoms. The first-order chi connectivity index (χ1) is 14.1. The second-order valence-electron chi connectivity index (χ2n) is 7.82. The lowest BCUT2D eigenvalue weighted by atomic mass is 9.98. The zero-order chi connectivity index (χ0) is 20.2. The van der Waals surface area contributed by atoms with Gasteiger partial charge in [0.1, 0.15) is 5.75 Å². The Morgan fingerprint density at radius 2 is 1.97 bits per heavy atom. The van der Waals surface area contributed by atoms with Gasteiger partial charge in [-0.15, -0.1) is 0 Å². The molecule has 0 bridgehead atoms. The molecule has 0 unspecified atom stereocenters. The molecule has 0 amide bonds. The van der Waals surface area contributed by atoms with Crippen LogP contribution in [-0.4, -0.2) is 34.7 Å². The van der Waals surface area contributed by atoms with Gasteiger partial charge in [-0.2, -0.15) is 0 Å². The number of aryl methyl sites for hydroxylation is 1. The van der Waals surface area contributed by atoms with Crippen LogP contribution in [0.25, 0.3) is 11.8 Å². The van der Waals surface area contributed by atoms with Crippen molar-refractivity contribution in [2.45, 2.75) is 32.7 Å². The topological polar surface area (TPSA) is 30.3 Å². The highest BCUT2D eigenvalue weighted by molar-refractivity contribution is 5.60. The summed E-state index contributed by atoms with van der Waals surface area (Å²) in [7, 11) is 1.73. The molecule has 1 saturated heterocycles. The van der Waals surface area contributed by atoms with Crippen molar-refractivity contribution >= 4 is 6.08 Å². The van der Waals surface area contributed by atoms with E-state index in [-0.39, 0.29) is 0 Å². The summed E-state index contributed by atoms with van der Waals surface area (Å²) >= 11 is 0. The fraction of sp³-hybridized carbons (Fsp3) is 0.320. The summed E-state index contributed by atoms with van der Waals surface area (Å²) in [6.45, 7) is 6.46. The first-order valence-electron chi connectivity index (χ1n) is 10.3. The quantitative estimate of drug-likeness (QED) is 0.585. The first-order valence-corrected chi connectivity index (χ1v) is 10.3.